The molecule has 0 aromatic heterocycles. The topological polar surface area (TPSA) is 75.4 Å². The molecule has 1 amide bonds. The van der Waals surface area contributed by atoms with Gasteiger partial charge in [0.05, 0.1) is 12.6 Å². The number of benzene rings is 1. The van der Waals surface area contributed by atoms with E-state index in [1.807, 2.05) is 37.3 Å². The molecule has 100 valence electrons. The summed E-state index contributed by atoms with van der Waals surface area (Å²) in [7, 11) is 0. The van der Waals surface area contributed by atoms with Gasteiger partial charge < -0.3 is 16.2 Å². The van der Waals surface area contributed by atoms with Crippen LogP contribution in [0.5, 0.6) is 0 Å². The van der Waals surface area contributed by atoms with Gasteiger partial charge in [-0.2, -0.15) is 0 Å². The molecule has 0 radical (unpaired) electrons. The monoisotopic (exact) mass is 250 g/mol. The second-order valence-corrected chi connectivity index (χ2v) is 4.43. The highest BCUT2D eigenvalue weighted by atomic mass is 16.3. The van der Waals surface area contributed by atoms with Crippen molar-refractivity contribution in [1.82, 2.24) is 5.32 Å². The standard InChI is InChI=1S/C14H22N2O2/c1-2-11(9-15)8-14(18)16-13(10-17)12-6-4-3-5-7-12/h3-7,11,13,17H,2,8-10,15H2,1H3,(H,16,18). The zero-order valence-electron chi connectivity index (χ0n) is 10.8. The van der Waals surface area contributed by atoms with Crippen molar-refractivity contribution in [2.75, 3.05) is 13.2 Å². The van der Waals surface area contributed by atoms with Crippen molar-refractivity contribution in [1.29, 1.82) is 0 Å². The Morgan fingerprint density at radius 1 is 1.39 bits per heavy atom. The molecule has 1 aromatic carbocycles. The molecule has 0 aliphatic carbocycles. The highest BCUT2D eigenvalue weighted by molar-refractivity contribution is 5.76. The first kappa shape index (κ1) is 14.7. The van der Waals surface area contributed by atoms with E-state index in [-0.39, 0.29) is 24.5 Å². The number of rotatable bonds is 7. The van der Waals surface area contributed by atoms with Crippen LogP contribution in [0.2, 0.25) is 0 Å². The zero-order valence-corrected chi connectivity index (χ0v) is 10.8. The van der Waals surface area contributed by atoms with Gasteiger partial charge in [0.25, 0.3) is 0 Å². The van der Waals surface area contributed by atoms with Gasteiger partial charge in [0.2, 0.25) is 5.91 Å². The molecular weight excluding hydrogens is 228 g/mol. The van der Waals surface area contributed by atoms with Crippen molar-refractivity contribution in [3.05, 3.63) is 35.9 Å². The van der Waals surface area contributed by atoms with Gasteiger partial charge in [0.15, 0.2) is 0 Å². The van der Waals surface area contributed by atoms with Crippen molar-refractivity contribution in [3.8, 4) is 0 Å². The Bertz CT molecular complexity index is 350. The number of carbonyl (C=O) groups excluding carboxylic acids is 1. The molecule has 1 aromatic rings. The van der Waals surface area contributed by atoms with Crippen LogP contribution in [0.4, 0.5) is 0 Å². The lowest BCUT2D eigenvalue weighted by Gasteiger charge is -2.18. The largest absolute Gasteiger partial charge is 0.394 e. The van der Waals surface area contributed by atoms with E-state index in [4.69, 9.17) is 5.73 Å². The van der Waals surface area contributed by atoms with Crippen LogP contribution in [0.3, 0.4) is 0 Å². The number of hydrogen-bond donors (Lipinski definition) is 3. The molecule has 1 rings (SSSR count). The first-order valence-electron chi connectivity index (χ1n) is 6.36. The summed E-state index contributed by atoms with van der Waals surface area (Å²) in [6.45, 7) is 2.43. The number of hydrogen-bond acceptors (Lipinski definition) is 3. The zero-order chi connectivity index (χ0) is 13.4. The fourth-order valence-electron chi connectivity index (χ4n) is 1.83. The highest BCUT2D eigenvalue weighted by Crippen LogP contribution is 2.13. The smallest absolute Gasteiger partial charge is 0.220 e. The van der Waals surface area contributed by atoms with E-state index < -0.39 is 0 Å². The maximum Gasteiger partial charge on any atom is 0.220 e. The molecule has 0 aliphatic heterocycles. The van der Waals surface area contributed by atoms with Crippen LogP contribution < -0.4 is 11.1 Å². The summed E-state index contributed by atoms with van der Waals surface area (Å²) in [5, 5.41) is 12.2. The molecule has 0 saturated carbocycles. The van der Waals surface area contributed by atoms with Crippen LogP contribution in [-0.2, 0) is 4.79 Å². The molecule has 18 heavy (non-hydrogen) atoms. The van der Waals surface area contributed by atoms with Gasteiger partial charge in [0, 0.05) is 6.42 Å². The lowest BCUT2D eigenvalue weighted by molar-refractivity contribution is -0.123. The Labute approximate surface area is 108 Å². The third-order valence-electron chi connectivity index (χ3n) is 3.10. The predicted octanol–water partition coefficient (Wildman–Crippen LogP) is 1.21. The summed E-state index contributed by atoms with van der Waals surface area (Å²) in [6, 6.07) is 9.12. The second-order valence-electron chi connectivity index (χ2n) is 4.43. The third kappa shape index (κ3) is 4.47. The minimum Gasteiger partial charge on any atom is -0.394 e. The van der Waals surface area contributed by atoms with Crippen LogP contribution in [0.1, 0.15) is 31.4 Å². The summed E-state index contributed by atoms with van der Waals surface area (Å²) >= 11 is 0. The van der Waals surface area contributed by atoms with Crippen LogP contribution in [0.25, 0.3) is 0 Å². The number of aliphatic hydroxyl groups is 1. The third-order valence-corrected chi connectivity index (χ3v) is 3.10. The Balaban J connectivity index is 2.56. The Morgan fingerprint density at radius 3 is 2.56 bits per heavy atom. The van der Waals surface area contributed by atoms with E-state index in [2.05, 4.69) is 5.32 Å². The van der Waals surface area contributed by atoms with Crippen LogP contribution >= 0.6 is 0 Å². The molecule has 2 atom stereocenters. The molecule has 4 heteroatoms. The van der Waals surface area contributed by atoms with E-state index in [9.17, 15) is 9.90 Å². The van der Waals surface area contributed by atoms with Crippen molar-refractivity contribution in [2.45, 2.75) is 25.8 Å². The molecule has 4 nitrogen and oxygen atoms in total. The van der Waals surface area contributed by atoms with Crippen molar-refractivity contribution < 1.29 is 9.90 Å². The Kier molecular flexibility index (Phi) is 6.39. The van der Waals surface area contributed by atoms with Gasteiger partial charge in [-0.05, 0) is 18.0 Å². The summed E-state index contributed by atoms with van der Waals surface area (Å²) in [5.74, 6) is 0.148. The number of nitrogens with one attached hydrogen (secondary N) is 1. The Morgan fingerprint density at radius 2 is 2.06 bits per heavy atom. The van der Waals surface area contributed by atoms with Gasteiger partial charge in [-0.3, -0.25) is 4.79 Å². The van der Waals surface area contributed by atoms with Crippen LogP contribution in [-0.4, -0.2) is 24.2 Å². The first-order valence-corrected chi connectivity index (χ1v) is 6.36. The summed E-state index contributed by atoms with van der Waals surface area (Å²) in [5.41, 5.74) is 6.49. The SMILES string of the molecule is CCC(CN)CC(=O)NC(CO)c1ccccc1. The van der Waals surface area contributed by atoms with E-state index >= 15 is 0 Å². The number of carbonyl (C=O) groups is 1. The molecule has 2 unspecified atom stereocenters. The average molecular weight is 250 g/mol. The summed E-state index contributed by atoms with van der Waals surface area (Å²) < 4.78 is 0. The van der Waals surface area contributed by atoms with Gasteiger partial charge in [-0.1, -0.05) is 43.7 Å². The minimum atomic E-state index is -0.339. The van der Waals surface area contributed by atoms with E-state index in [1.54, 1.807) is 0 Å². The summed E-state index contributed by atoms with van der Waals surface area (Å²) in [6.07, 6.45) is 1.30. The lowest BCUT2D eigenvalue weighted by atomic mass is 10.0. The molecule has 0 bridgehead atoms. The van der Waals surface area contributed by atoms with Gasteiger partial charge >= 0.3 is 0 Å². The van der Waals surface area contributed by atoms with Gasteiger partial charge in [-0.15, -0.1) is 0 Å². The molecule has 4 N–H and O–H groups in total. The fraction of sp³-hybridized carbons (Fsp3) is 0.500. The van der Waals surface area contributed by atoms with Crippen molar-refractivity contribution >= 4 is 5.91 Å². The van der Waals surface area contributed by atoms with Crippen molar-refractivity contribution in [3.63, 3.8) is 0 Å². The van der Waals surface area contributed by atoms with E-state index in [0.717, 1.165) is 12.0 Å². The highest BCUT2D eigenvalue weighted by Gasteiger charge is 2.16. The van der Waals surface area contributed by atoms with Crippen LogP contribution in [0, 0.1) is 5.92 Å². The second kappa shape index (κ2) is 7.84. The van der Waals surface area contributed by atoms with Gasteiger partial charge in [0.1, 0.15) is 0 Å². The summed E-state index contributed by atoms with van der Waals surface area (Å²) in [4.78, 5) is 11.8. The van der Waals surface area contributed by atoms with Gasteiger partial charge in [-0.25, -0.2) is 0 Å². The maximum absolute atomic E-state index is 11.8. The molecular formula is C14H22N2O2. The quantitative estimate of drug-likeness (QED) is 0.681. The number of nitrogens with two attached hydrogens (primary N) is 1. The molecule has 0 fully saturated rings. The number of amides is 1. The lowest BCUT2D eigenvalue weighted by Crippen LogP contribution is -2.33. The predicted molar refractivity (Wildman–Crippen MR) is 71.9 cm³/mol. The van der Waals surface area contributed by atoms with Crippen molar-refractivity contribution in [2.24, 2.45) is 11.7 Å². The molecule has 0 spiro atoms. The first-order chi connectivity index (χ1) is 8.71. The van der Waals surface area contributed by atoms with E-state index in [0.29, 0.717) is 13.0 Å². The Hall–Kier alpha value is -1.39. The minimum absolute atomic E-state index is 0.0600. The number of aliphatic hydroxyl groups excluding tert-OH is 1. The van der Waals surface area contributed by atoms with Crippen LogP contribution in [0.15, 0.2) is 30.3 Å². The molecule has 0 saturated heterocycles. The molecule has 0 aliphatic rings. The van der Waals surface area contributed by atoms with E-state index in [1.165, 1.54) is 0 Å². The molecule has 0 heterocycles. The normalized spacial score (nSPS) is 13.9. The average Bonchev–Trinajstić information content (AvgIpc) is 2.43. The fourth-order valence-corrected chi connectivity index (χ4v) is 1.83. The maximum atomic E-state index is 11.8.